The van der Waals surface area contributed by atoms with E-state index in [1.807, 2.05) is 0 Å². The van der Waals surface area contributed by atoms with E-state index in [0.29, 0.717) is 0 Å². The molecule has 0 radical (unpaired) electrons. The third-order valence-electron chi connectivity index (χ3n) is 2.61. The van der Waals surface area contributed by atoms with Crippen molar-refractivity contribution in [2.45, 2.75) is 44.4 Å². The van der Waals surface area contributed by atoms with Gasteiger partial charge in [-0.15, -0.1) is 0 Å². The van der Waals surface area contributed by atoms with Gasteiger partial charge in [0.1, 0.15) is 11.3 Å². The standard InChI is InChI=1S/C10H19NO6S/c1-3-9(18(15,16)17)8(12)5-6(2)4-7(11)10(13)14/h6-7,9H,3-5,11H2,1-2H3,(H,13,14)(H,15,16,17)/t6?,7-,9?/m0/s1. The smallest absolute Gasteiger partial charge is 0.320 e. The maximum atomic E-state index is 11.7. The molecule has 0 bridgehead atoms. The van der Waals surface area contributed by atoms with Crippen LogP contribution in [0.4, 0.5) is 0 Å². The Labute approximate surface area is 106 Å². The van der Waals surface area contributed by atoms with E-state index in [2.05, 4.69) is 0 Å². The molecule has 8 heteroatoms. The largest absolute Gasteiger partial charge is 0.480 e. The first-order valence-corrected chi connectivity index (χ1v) is 7.07. The second kappa shape index (κ2) is 6.81. The van der Waals surface area contributed by atoms with Gasteiger partial charge in [-0.1, -0.05) is 13.8 Å². The summed E-state index contributed by atoms with van der Waals surface area (Å²) in [6.45, 7) is 3.08. The summed E-state index contributed by atoms with van der Waals surface area (Å²) in [6, 6.07) is -1.08. The number of hydrogen-bond acceptors (Lipinski definition) is 5. The van der Waals surface area contributed by atoms with E-state index in [1.54, 1.807) is 6.92 Å². The van der Waals surface area contributed by atoms with Crippen molar-refractivity contribution in [3.05, 3.63) is 0 Å². The van der Waals surface area contributed by atoms with E-state index >= 15 is 0 Å². The summed E-state index contributed by atoms with van der Waals surface area (Å²) < 4.78 is 30.7. The van der Waals surface area contributed by atoms with Crippen LogP contribution in [0.25, 0.3) is 0 Å². The van der Waals surface area contributed by atoms with Gasteiger partial charge in [-0.3, -0.25) is 14.1 Å². The Morgan fingerprint density at radius 1 is 1.33 bits per heavy atom. The van der Waals surface area contributed by atoms with Crippen LogP contribution in [0.3, 0.4) is 0 Å². The highest BCUT2D eigenvalue weighted by Crippen LogP contribution is 2.16. The lowest BCUT2D eigenvalue weighted by atomic mass is 9.95. The fraction of sp³-hybridized carbons (Fsp3) is 0.800. The van der Waals surface area contributed by atoms with Crippen LogP contribution >= 0.6 is 0 Å². The van der Waals surface area contributed by atoms with E-state index in [4.69, 9.17) is 15.4 Å². The minimum absolute atomic E-state index is 0.0185. The number of carboxylic acid groups (broad SMARTS) is 1. The molecule has 0 heterocycles. The van der Waals surface area contributed by atoms with Crippen molar-refractivity contribution < 1.29 is 27.7 Å². The number of ketones is 1. The molecule has 0 spiro atoms. The molecule has 0 rings (SSSR count). The third-order valence-corrected chi connectivity index (χ3v) is 3.93. The van der Waals surface area contributed by atoms with Crippen LogP contribution in [0.2, 0.25) is 0 Å². The molecule has 0 aromatic rings. The molecular formula is C10H19NO6S. The molecule has 106 valence electrons. The van der Waals surface area contributed by atoms with Gasteiger partial charge in [-0.05, 0) is 18.8 Å². The van der Waals surface area contributed by atoms with Crippen LogP contribution in [0, 0.1) is 5.92 Å². The van der Waals surface area contributed by atoms with Crippen molar-refractivity contribution in [2.75, 3.05) is 0 Å². The monoisotopic (exact) mass is 281 g/mol. The Kier molecular flexibility index (Phi) is 6.44. The minimum Gasteiger partial charge on any atom is -0.480 e. The number of nitrogens with two attached hydrogens (primary N) is 1. The topological polar surface area (TPSA) is 135 Å². The van der Waals surface area contributed by atoms with Gasteiger partial charge in [0.05, 0.1) is 0 Å². The van der Waals surface area contributed by atoms with Crippen LogP contribution < -0.4 is 5.73 Å². The highest BCUT2D eigenvalue weighted by Gasteiger charge is 2.30. The van der Waals surface area contributed by atoms with Crippen molar-refractivity contribution >= 4 is 21.9 Å². The molecule has 0 saturated carbocycles. The molecule has 0 aromatic heterocycles. The first kappa shape index (κ1) is 17.0. The molecule has 7 nitrogen and oxygen atoms in total. The molecule has 0 aromatic carbocycles. The lowest BCUT2D eigenvalue weighted by molar-refractivity contribution is -0.139. The second-order valence-electron chi connectivity index (χ2n) is 4.37. The van der Waals surface area contributed by atoms with Crippen molar-refractivity contribution in [1.29, 1.82) is 0 Å². The number of carbonyl (C=O) groups excluding carboxylic acids is 1. The molecule has 18 heavy (non-hydrogen) atoms. The molecule has 2 unspecified atom stereocenters. The predicted octanol–water partition coefficient (Wildman–Crippen LogP) is 0.0501. The van der Waals surface area contributed by atoms with Crippen LogP contribution in [0.1, 0.15) is 33.1 Å². The molecule has 3 atom stereocenters. The van der Waals surface area contributed by atoms with Crippen molar-refractivity contribution in [1.82, 2.24) is 0 Å². The average Bonchev–Trinajstić information content (AvgIpc) is 2.15. The SMILES string of the molecule is CCC(C(=O)CC(C)C[C@H](N)C(=O)O)S(=O)(=O)O. The zero-order chi connectivity index (χ0) is 14.5. The number of carbonyl (C=O) groups is 2. The Bertz CT molecular complexity index is 405. The number of rotatable bonds is 8. The number of aliphatic carboxylic acids is 1. The molecule has 0 saturated heterocycles. The van der Waals surface area contributed by atoms with E-state index in [9.17, 15) is 18.0 Å². The Morgan fingerprint density at radius 3 is 2.17 bits per heavy atom. The molecule has 0 aliphatic heterocycles. The van der Waals surface area contributed by atoms with Gasteiger partial charge >= 0.3 is 5.97 Å². The van der Waals surface area contributed by atoms with Gasteiger partial charge in [-0.25, -0.2) is 0 Å². The summed E-state index contributed by atoms with van der Waals surface area (Å²) in [6.07, 6.45) is -0.0718. The first-order chi connectivity index (χ1) is 8.09. The molecule has 0 aliphatic carbocycles. The molecular weight excluding hydrogens is 262 g/mol. The van der Waals surface area contributed by atoms with Crippen LogP contribution in [-0.2, 0) is 19.7 Å². The zero-order valence-corrected chi connectivity index (χ0v) is 11.2. The first-order valence-electron chi connectivity index (χ1n) is 5.57. The number of hydrogen-bond donors (Lipinski definition) is 3. The highest BCUT2D eigenvalue weighted by molar-refractivity contribution is 7.87. The summed E-state index contributed by atoms with van der Waals surface area (Å²) in [5.41, 5.74) is 5.31. The fourth-order valence-corrected chi connectivity index (χ4v) is 2.55. The van der Waals surface area contributed by atoms with Crippen molar-refractivity contribution in [2.24, 2.45) is 11.7 Å². The lowest BCUT2D eigenvalue weighted by Gasteiger charge is -2.16. The normalized spacial score (nSPS) is 16.9. The van der Waals surface area contributed by atoms with Gasteiger partial charge < -0.3 is 10.8 Å². The molecule has 0 fully saturated rings. The predicted molar refractivity (Wildman–Crippen MR) is 64.6 cm³/mol. The van der Waals surface area contributed by atoms with Gasteiger partial charge in [-0.2, -0.15) is 8.42 Å². The Hall–Kier alpha value is -0.990. The minimum atomic E-state index is -4.40. The van der Waals surface area contributed by atoms with Gasteiger partial charge in [0, 0.05) is 6.42 Å². The summed E-state index contributed by atoms with van der Waals surface area (Å²) in [5.74, 6) is -2.15. The van der Waals surface area contributed by atoms with Crippen LogP contribution in [-0.4, -0.2) is 41.1 Å². The van der Waals surface area contributed by atoms with Crippen LogP contribution in [0.5, 0.6) is 0 Å². The maximum Gasteiger partial charge on any atom is 0.320 e. The second-order valence-corrected chi connectivity index (χ2v) is 5.97. The molecule has 0 amide bonds. The summed E-state index contributed by atoms with van der Waals surface area (Å²) >= 11 is 0. The molecule has 0 aliphatic rings. The third kappa shape index (κ3) is 5.56. The quantitative estimate of drug-likeness (QED) is 0.535. The van der Waals surface area contributed by atoms with Gasteiger partial charge in [0.2, 0.25) is 0 Å². The summed E-state index contributed by atoms with van der Waals surface area (Å²) in [5, 5.41) is 7.16. The van der Waals surface area contributed by atoms with Gasteiger partial charge in [0.15, 0.2) is 5.78 Å². The average molecular weight is 281 g/mol. The summed E-state index contributed by atoms with van der Waals surface area (Å²) in [4.78, 5) is 22.2. The lowest BCUT2D eigenvalue weighted by Crippen LogP contribution is -2.34. The summed E-state index contributed by atoms with van der Waals surface area (Å²) in [7, 11) is -4.40. The van der Waals surface area contributed by atoms with E-state index in [0.717, 1.165) is 0 Å². The molecule has 4 N–H and O–H groups in total. The van der Waals surface area contributed by atoms with Crippen LogP contribution in [0.15, 0.2) is 0 Å². The fourth-order valence-electron chi connectivity index (χ4n) is 1.70. The van der Waals surface area contributed by atoms with E-state index < -0.39 is 33.2 Å². The Morgan fingerprint density at radius 2 is 1.83 bits per heavy atom. The number of Topliss-reactive ketones (excluding diaryl/α,β-unsaturated/α-hetero) is 1. The van der Waals surface area contributed by atoms with Crippen molar-refractivity contribution in [3.63, 3.8) is 0 Å². The number of carboxylic acids is 1. The maximum absolute atomic E-state index is 11.7. The Balaban J connectivity index is 4.52. The van der Waals surface area contributed by atoms with E-state index in [1.165, 1.54) is 6.92 Å². The zero-order valence-electron chi connectivity index (χ0n) is 10.4. The van der Waals surface area contributed by atoms with Gasteiger partial charge in [0.25, 0.3) is 10.1 Å². The van der Waals surface area contributed by atoms with Crippen molar-refractivity contribution in [3.8, 4) is 0 Å². The highest BCUT2D eigenvalue weighted by atomic mass is 32.2. The van der Waals surface area contributed by atoms with E-state index in [-0.39, 0.29) is 25.2 Å².